The van der Waals surface area contributed by atoms with Crippen molar-refractivity contribution < 1.29 is 4.79 Å². The number of rotatable bonds is 3. The highest BCUT2D eigenvalue weighted by Gasteiger charge is 2.20. The molecule has 132 valence electrons. The monoisotopic (exact) mass is 379 g/mol. The standard InChI is InChI=1S/C17H19Cl2N5O/c1-11-20-15(22-14-5-3-4-13(18)17(14)19)10-16(21-11)24-8-6-23(7-9-24)12(2)25/h3-5,10H,6-9H2,1-2H3,(H,20,21,22). The molecule has 1 aromatic carbocycles. The molecule has 2 heterocycles. The number of benzene rings is 1. The van der Waals surface area contributed by atoms with Crippen molar-refractivity contribution in [3.8, 4) is 0 Å². The molecule has 1 aliphatic heterocycles. The highest BCUT2D eigenvalue weighted by atomic mass is 35.5. The van der Waals surface area contributed by atoms with E-state index in [0.717, 1.165) is 18.9 Å². The van der Waals surface area contributed by atoms with Gasteiger partial charge in [-0.2, -0.15) is 0 Å². The lowest BCUT2D eigenvalue weighted by Crippen LogP contribution is -2.48. The zero-order valence-electron chi connectivity index (χ0n) is 14.1. The first kappa shape index (κ1) is 17.8. The number of hydrogen-bond donors (Lipinski definition) is 1. The van der Waals surface area contributed by atoms with Crippen LogP contribution in [0.15, 0.2) is 24.3 Å². The third kappa shape index (κ3) is 4.14. The van der Waals surface area contributed by atoms with Crippen LogP contribution in [-0.4, -0.2) is 47.0 Å². The van der Waals surface area contributed by atoms with Crippen molar-refractivity contribution in [1.82, 2.24) is 14.9 Å². The summed E-state index contributed by atoms with van der Waals surface area (Å²) in [5.74, 6) is 2.25. The maximum atomic E-state index is 11.5. The van der Waals surface area contributed by atoms with Gasteiger partial charge in [0.1, 0.15) is 17.5 Å². The van der Waals surface area contributed by atoms with Gasteiger partial charge in [0.05, 0.1) is 15.7 Å². The van der Waals surface area contributed by atoms with E-state index in [9.17, 15) is 4.79 Å². The molecule has 2 aromatic rings. The molecule has 1 aromatic heterocycles. The molecule has 0 atom stereocenters. The van der Waals surface area contributed by atoms with Gasteiger partial charge in [0.2, 0.25) is 5.91 Å². The molecule has 1 aliphatic rings. The normalized spacial score (nSPS) is 14.6. The molecular formula is C17H19Cl2N5O. The fourth-order valence-electron chi connectivity index (χ4n) is 2.77. The zero-order valence-corrected chi connectivity index (χ0v) is 15.6. The second-order valence-corrected chi connectivity index (χ2v) is 6.66. The van der Waals surface area contributed by atoms with Crippen molar-refractivity contribution in [2.24, 2.45) is 0 Å². The van der Waals surface area contributed by atoms with Crippen LogP contribution in [-0.2, 0) is 4.79 Å². The summed E-state index contributed by atoms with van der Waals surface area (Å²) < 4.78 is 0. The van der Waals surface area contributed by atoms with Crippen LogP contribution in [0.3, 0.4) is 0 Å². The lowest BCUT2D eigenvalue weighted by molar-refractivity contribution is -0.129. The number of halogens is 2. The molecule has 0 saturated carbocycles. The molecule has 1 fully saturated rings. The Morgan fingerprint density at radius 3 is 2.56 bits per heavy atom. The number of carbonyl (C=O) groups is 1. The minimum absolute atomic E-state index is 0.108. The van der Waals surface area contributed by atoms with Crippen LogP contribution in [0.2, 0.25) is 10.0 Å². The summed E-state index contributed by atoms with van der Waals surface area (Å²) in [6.07, 6.45) is 0. The maximum Gasteiger partial charge on any atom is 0.219 e. The van der Waals surface area contributed by atoms with Gasteiger partial charge in [0.25, 0.3) is 0 Å². The number of hydrogen-bond acceptors (Lipinski definition) is 5. The first-order valence-electron chi connectivity index (χ1n) is 8.01. The summed E-state index contributed by atoms with van der Waals surface area (Å²) in [7, 11) is 0. The Labute approximate surface area is 156 Å². The highest BCUT2D eigenvalue weighted by Crippen LogP contribution is 2.31. The van der Waals surface area contributed by atoms with E-state index in [4.69, 9.17) is 23.2 Å². The summed E-state index contributed by atoms with van der Waals surface area (Å²) >= 11 is 12.3. The summed E-state index contributed by atoms with van der Waals surface area (Å²) in [6, 6.07) is 7.29. The molecule has 1 saturated heterocycles. The fraction of sp³-hybridized carbons (Fsp3) is 0.353. The molecule has 8 heteroatoms. The van der Waals surface area contributed by atoms with Crippen LogP contribution in [0.4, 0.5) is 17.3 Å². The van der Waals surface area contributed by atoms with Gasteiger partial charge in [0, 0.05) is 39.2 Å². The first-order chi connectivity index (χ1) is 11.9. The first-order valence-corrected chi connectivity index (χ1v) is 8.77. The van der Waals surface area contributed by atoms with Crippen molar-refractivity contribution in [2.75, 3.05) is 36.4 Å². The van der Waals surface area contributed by atoms with E-state index in [-0.39, 0.29) is 5.91 Å². The van der Waals surface area contributed by atoms with E-state index < -0.39 is 0 Å². The number of anilines is 3. The van der Waals surface area contributed by atoms with E-state index in [2.05, 4.69) is 20.2 Å². The molecular weight excluding hydrogens is 361 g/mol. The van der Waals surface area contributed by atoms with Crippen LogP contribution in [0.25, 0.3) is 0 Å². The quantitative estimate of drug-likeness (QED) is 0.883. The second kappa shape index (κ2) is 7.45. The van der Waals surface area contributed by atoms with Crippen molar-refractivity contribution >= 4 is 46.4 Å². The number of aromatic nitrogens is 2. The van der Waals surface area contributed by atoms with E-state index in [0.29, 0.717) is 40.5 Å². The lowest BCUT2D eigenvalue weighted by atomic mass is 10.3. The van der Waals surface area contributed by atoms with Crippen LogP contribution < -0.4 is 10.2 Å². The third-order valence-electron chi connectivity index (χ3n) is 4.09. The van der Waals surface area contributed by atoms with E-state index in [1.54, 1.807) is 13.0 Å². The number of aryl methyl sites for hydroxylation is 1. The average Bonchev–Trinajstić information content (AvgIpc) is 2.58. The van der Waals surface area contributed by atoms with Crippen molar-refractivity contribution in [1.29, 1.82) is 0 Å². The number of piperazine rings is 1. The Hall–Kier alpha value is -2.05. The Morgan fingerprint density at radius 1 is 1.16 bits per heavy atom. The van der Waals surface area contributed by atoms with E-state index in [1.165, 1.54) is 0 Å². The van der Waals surface area contributed by atoms with Gasteiger partial charge in [-0.25, -0.2) is 9.97 Å². The SMILES string of the molecule is CC(=O)N1CCN(c2cc(Nc3cccc(Cl)c3Cl)nc(C)n2)CC1. The van der Waals surface area contributed by atoms with Gasteiger partial charge in [-0.3, -0.25) is 4.79 Å². The molecule has 6 nitrogen and oxygen atoms in total. The number of carbonyl (C=O) groups excluding carboxylic acids is 1. The molecule has 0 unspecified atom stereocenters. The molecule has 1 N–H and O–H groups in total. The molecule has 3 rings (SSSR count). The molecule has 0 radical (unpaired) electrons. The Balaban J connectivity index is 1.79. The summed E-state index contributed by atoms with van der Waals surface area (Å²) in [5.41, 5.74) is 0.694. The smallest absolute Gasteiger partial charge is 0.219 e. The van der Waals surface area contributed by atoms with Gasteiger partial charge in [-0.05, 0) is 19.1 Å². The minimum atomic E-state index is 0.108. The Kier molecular flexibility index (Phi) is 5.30. The summed E-state index contributed by atoms with van der Waals surface area (Å²) in [5, 5.41) is 4.14. The van der Waals surface area contributed by atoms with Crippen LogP contribution in [0.1, 0.15) is 12.7 Å². The van der Waals surface area contributed by atoms with Gasteiger partial charge in [-0.15, -0.1) is 0 Å². The Morgan fingerprint density at radius 2 is 1.88 bits per heavy atom. The summed E-state index contributed by atoms with van der Waals surface area (Å²) in [4.78, 5) is 24.4. The molecule has 0 aliphatic carbocycles. The van der Waals surface area contributed by atoms with Crippen molar-refractivity contribution in [3.63, 3.8) is 0 Å². The minimum Gasteiger partial charge on any atom is -0.353 e. The molecule has 0 spiro atoms. The second-order valence-electron chi connectivity index (χ2n) is 5.88. The maximum absolute atomic E-state index is 11.5. The fourth-order valence-corrected chi connectivity index (χ4v) is 3.11. The third-order valence-corrected chi connectivity index (χ3v) is 4.91. The van der Waals surface area contributed by atoms with E-state index in [1.807, 2.05) is 30.0 Å². The largest absolute Gasteiger partial charge is 0.353 e. The number of amides is 1. The average molecular weight is 380 g/mol. The van der Waals surface area contributed by atoms with Crippen LogP contribution in [0, 0.1) is 6.92 Å². The molecule has 25 heavy (non-hydrogen) atoms. The number of nitrogens with zero attached hydrogens (tertiary/aromatic N) is 4. The molecule has 0 bridgehead atoms. The number of nitrogens with one attached hydrogen (secondary N) is 1. The highest BCUT2D eigenvalue weighted by molar-refractivity contribution is 6.43. The summed E-state index contributed by atoms with van der Waals surface area (Å²) in [6.45, 7) is 6.32. The van der Waals surface area contributed by atoms with Gasteiger partial charge < -0.3 is 15.1 Å². The molecule has 1 amide bonds. The topological polar surface area (TPSA) is 61.4 Å². The van der Waals surface area contributed by atoms with Crippen molar-refractivity contribution in [2.45, 2.75) is 13.8 Å². The zero-order chi connectivity index (χ0) is 18.0. The van der Waals surface area contributed by atoms with E-state index >= 15 is 0 Å². The lowest BCUT2D eigenvalue weighted by Gasteiger charge is -2.35. The van der Waals surface area contributed by atoms with Crippen LogP contribution in [0.5, 0.6) is 0 Å². The van der Waals surface area contributed by atoms with Crippen molar-refractivity contribution in [3.05, 3.63) is 40.1 Å². The van der Waals surface area contributed by atoms with Crippen LogP contribution >= 0.6 is 23.2 Å². The van der Waals surface area contributed by atoms with Gasteiger partial charge >= 0.3 is 0 Å². The van der Waals surface area contributed by atoms with Gasteiger partial charge in [0.15, 0.2) is 0 Å². The predicted molar refractivity (Wildman–Crippen MR) is 101 cm³/mol. The Bertz CT molecular complexity index is 791. The van der Waals surface area contributed by atoms with Gasteiger partial charge in [-0.1, -0.05) is 29.3 Å². The predicted octanol–water partition coefficient (Wildman–Crippen LogP) is 3.50.